The average molecular weight is 410 g/mol. The Morgan fingerprint density at radius 1 is 1.30 bits per heavy atom. The number of sulfonamides is 1. The highest BCUT2D eigenvalue weighted by Gasteiger charge is 2.20. The number of hydrogen-bond donors (Lipinski definition) is 1. The summed E-state index contributed by atoms with van der Waals surface area (Å²) in [5.41, 5.74) is 2.63. The molecular weight excluding hydrogens is 391 g/mol. The summed E-state index contributed by atoms with van der Waals surface area (Å²) in [6, 6.07) is 5.32. The van der Waals surface area contributed by atoms with E-state index in [0.29, 0.717) is 6.42 Å². The number of ether oxygens (including phenoxy) is 1. The fraction of sp³-hybridized carbons (Fsp3) is 0.294. The molecule has 0 aliphatic carbocycles. The molecule has 1 aromatic carbocycles. The first-order chi connectivity index (χ1) is 12.8. The van der Waals surface area contributed by atoms with E-state index >= 15 is 0 Å². The van der Waals surface area contributed by atoms with Crippen molar-refractivity contribution in [2.24, 2.45) is 0 Å². The summed E-state index contributed by atoms with van der Waals surface area (Å²) in [5.74, 6) is -0.561. The van der Waals surface area contributed by atoms with Gasteiger partial charge in [-0.1, -0.05) is 0 Å². The number of halogens is 1. The second kappa shape index (κ2) is 7.75. The monoisotopic (exact) mass is 410 g/mol. The van der Waals surface area contributed by atoms with Gasteiger partial charge in [0.15, 0.2) is 0 Å². The second-order valence-electron chi connectivity index (χ2n) is 5.90. The van der Waals surface area contributed by atoms with Gasteiger partial charge in [0.05, 0.1) is 18.5 Å². The first-order valence-electron chi connectivity index (χ1n) is 8.11. The van der Waals surface area contributed by atoms with E-state index < -0.39 is 15.8 Å². The van der Waals surface area contributed by atoms with Crippen molar-refractivity contribution in [3.63, 3.8) is 0 Å². The van der Waals surface area contributed by atoms with Crippen LogP contribution in [0.15, 0.2) is 34.5 Å². The second-order valence-corrected chi connectivity index (χ2v) is 8.48. The molecule has 0 radical (unpaired) electrons. The van der Waals surface area contributed by atoms with Crippen LogP contribution in [-0.2, 0) is 16.4 Å². The minimum atomic E-state index is -3.90. The van der Waals surface area contributed by atoms with Crippen LogP contribution >= 0.6 is 11.3 Å². The standard InChI is InChI=1S/C17H19FN4O3S2/c1-11-8-12(2)22(21-11)17-20-14(10-26-17)6-7-19-27(23,24)16-9-13(18)4-5-15(16)25-3/h4-5,8-10,19H,6-7H2,1-3H3. The lowest BCUT2D eigenvalue weighted by Crippen LogP contribution is -2.26. The SMILES string of the molecule is COc1ccc(F)cc1S(=O)(=O)NCCc1csc(-n2nc(C)cc2C)n1. The van der Waals surface area contributed by atoms with Gasteiger partial charge in [0.25, 0.3) is 0 Å². The molecule has 0 unspecified atom stereocenters. The zero-order valence-corrected chi connectivity index (χ0v) is 16.7. The Morgan fingerprint density at radius 2 is 2.07 bits per heavy atom. The molecule has 0 saturated heterocycles. The molecule has 0 amide bonds. The van der Waals surface area contributed by atoms with Crippen molar-refractivity contribution in [3.8, 4) is 10.9 Å². The molecule has 0 aliphatic heterocycles. The Balaban J connectivity index is 1.68. The molecule has 0 atom stereocenters. The fourth-order valence-corrected chi connectivity index (χ4v) is 4.66. The molecule has 0 fully saturated rings. The summed E-state index contributed by atoms with van der Waals surface area (Å²) in [4.78, 5) is 4.26. The van der Waals surface area contributed by atoms with Gasteiger partial charge >= 0.3 is 0 Å². The first kappa shape index (κ1) is 19.5. The first-order valence-corrected chi connectivity index (χ1v) is 10.5. The Kier molecular flexibility index (Phi) is 5.59. The van der Waals surface area contributed by atoms with Crippen LogP contribution in [0.2, 0.25) is 0 Å². The van der Waals surface area contributed by atoms with Crippen molar-refractivity contribution in [1.29, 1.82) is 0 Å². The van der Waals surface area contributed by atoms with E-state index in [0.717, 1.165) is 34.3 Å². The number of aromatic nitrogens is 3. The summed E-state index contributed by atoms with van der Waals surface area (Å²) >= 11 is 1.44. The molecule has 0 aliphatic rings. The summed E-state index contributed by atoms with van der Waals surface area (Å²) in [5, 5.41) is 6.98. The molecule has 10 heteroatoms. The van der Waals surface area contributed by atoms with E-state index in [1.54, 1.807) is 4.68 Å². The fourth-order valence-electron chi connectivity index (χ4n) is 2.58. The number of hydrogen-bond acceptors (Lipinski definition) is 6. The van der Waals surface area contributed by atoms with Crippen molar-refractivity contribution in [3.05, 3.63) is 52.5 Å². The maximum Gasteiger partial charge on any atom is 0.244 e. The largest absolute Gasteiger partial charge is 0.495 e. The van der Waals surface area contributed by atoms with Crippen molar-refractivity contribution in [1.82, 2.24) is 19.5 Å². The predicted molar refractivity (Wildman–Crippen MR) is 101 cm³/mol. The van der Waals surface area contributed by atoms with Crippen LogP contribution in [0.1, 0.15) is 17.1 Å². The van der Waals surface area contributed by atoms with Gasteiger partial charge in [-0.25, -0.2) is 27.2 Å². The van der Waals surface area contributed by atoms with Gasteiger partial charge in [-0.3, -0.25) is 0 Å². The quantitative estimate of drug-likeness (QED) is 0.647. The van der Waals surface area contributed by atoms with E-state index in [1.165, 1.54) is 24.5 Å². The summed E-state index contributed by atoms with van der Waals surface area (Å²) in [6.07, 6.45) is 0.395. The molecule has 7 nitrogen and oxygen atoms in total. The Morgan fingerprint density at radius 3 is 2.74 bits per heavy atom. The highest BCUT2D eigenvalue weighted by Crippen LogP contribution is 2.24. The third-order valence-electron chi connectivity index (χ3n) is 3.82. The molecule has 144 valence electrons. The van der Waals surface area contributed by atoms with E-state index in [-0.39, 0.29) is 17.2 Å². The molecule has 2 aromatic heterocycles. The van der Waals surface area contributed by atoms with Crippen LogP contribution in [0.5, 0.6) is 5.75 Å². The number of nitrogens with zero attached hydrogens (tertiary/aromatic N) is 3. The van der Waals surface area contributed by atoms with Crippen molar-refractivity contribution in [2.45, 2.75) is 25.2 Å². The van der Waals surface area contributed by atoms with Gasteiger partial charge in [-0.15, -0.1) is 11.3 Å². The number of benzene rings is 1. The normalized spacial score (nSPS) is 11.7. The highest BCUT2D eigenvalue weighted by atomic mass is 32.2. The van der Waals surface area contributed by atoms with Crippen LogP contribution in [0.3, 0.4) is 0 Å². The third kappa shape index (κ3) is 4.34. The minimum absolute atomic E-state index is 0.0874. The van der Waals surface area contributed by atoms with Crippen LogP contribution in [0, 0.1) is 19.7 Å². The minimum Gasteiger partial charge on any atom is -0.495 e. The summed E-state index contributed by atoms with van der Waals surface area (Å²) in [6.45, 7) is 3.98. The van der Waals surface area contributed by atoms with Crippen molar-refractivity contribution < 1.29 is 17.5 Å². The zero-order chi connectivity index (χ0) is 19.6. The molecule has 3 aromatic rings. The molecule has 2 heterocycles. The van der Waals surface area contributed by atoms with Gasteiger partial charge < -0.3 is 4.74 Å². The number of aryl methyl sites for hydroxylation is 2. The smallest absolute Gasteiger partial charge is 0.244 e. The molecule has 0 saturated carbocycles. The summed E-state index contributed by atoms with van der Waals surface area (Å²) < 4.78 is 47.5. The number of rotatable bonds is 7. The van der Waals surface area contributed by atoms with Crippen LogP contribution in [-0.4, -0.2) is 36.8 Å². The van der Waals surface area contributed by atoms with E-state index in [1.807, 2.05) is 25.3 Å². The maximum absolute atomic E-state index is 13.4. The zero-order valence-electron chi connectivity index (χ0n) is 15.1. The van der Waals surface area contributed by atoms with Crippen molar-refractivity contribution >= 4 is 21.4 Å². The Bertz CT molecular complexity index is 1060. The molecule has 1 N–H and O–H groups in total. The lowest BCUT2D eigenvalue weighted by molar-refractivity contribution is 0.400. The summed E-state index contributed by atoms with van der Waals surface area (Å²) in [7, 11) is -2.57. The van der Waals surface area contributed by atoms with E-state index in [2.05, 4.69) is 14.8 Å². The van der Waals surface area contributed by atoms with E-state index in [4.69, 9.17) is 4.74 Å². The molecule has 0 bridgehead atoms. The van der Waals surface area contributed by atoms with Gasteiger partial charge in [0.1, 0.15) is 16.5 Å². The number of thiazole rings is 1. The highest BCUT2D eigenvalue weighted by molar-refractivity contribution is 7.89. The van der Waals surface area contributed by atoms with Gasteiger partial charge in [0.2, 0.25) is 15.2 Å². The Labute approximate surface area is 160 Å². The number of nitrogens with one attached hydrogen (secondary N) is 1. The molecular formula is C17H19FN4O3S2. The molecule has 3 rings (SSSR count). The maximum atomic E-state index is 13.4. The number of methoxy groups -OCH3 is 1. The average Bonchev–Trinajstić information content (AvgIpc) is 3.20. The Hall–Kier alpha value is -2.30. The molecule has 27 heavy (non-hydrogen) atoms. The predicted octanol–water partition coefficient (Wildman–Crippen LogP) is 2.61. The van der Waals surface area contributed by atoms with E-state index in [9.17, 15) is 12.8 Å². The lowest BCUT2D eigenvalue weighted by Gasteiger charge is -2.10. The lowest BCUT2D eigenvalue weighted by atomic mass is 10.3. The third-order valence-corrected chi connectivity index (χ3v) is 6.17. The van der Waals surface area contributed by atoms with Crippen molar-refractivity contribution in [2.75, 3.05) is 13.7 Å². The van der Waals surface area contributed by atoms with Crippen LogP contribution in [0.25, 0.3) is 5.13 Å². The topological polar surface area (TPSA) is 86.1 Å². The van der Waals surface area contributed by atoms with Crippen LogP contribution < -0.4 is 9.46 Å². The van der Waals surface area contributed by atoms with Gasteiger partial charge in [-0.05, 0) is 38.1 Å². The molecule has 0 spiro atoms. The van der Waals surface area contributed by atoms with Crippen LogP contribution in [0.4, 0.5) is 4.39 Å². The van der Waals surface area contributed by atoms with Gasteiger partial charge in [-0.2, -0.15) is 5.10 Å². The van der Waals surface area contributed by atoms with Gasteiger partial charge in [0, 0.05) is 24.0 Å².